The number of carbonyl (C=O) groups excluding carboxylic acids is 2. The van der Waals surface area contributed by atoms with Crippen LogP contribution in [-0.4, -0.2) is 36.7 Å². The predicted octanol–water partition coefficient (Wildman–Crippen LogP) is 1.63. The van der Waals surface area contributed by atoms with Gasteiger partial charge in [-0.2, -0.15) is 5.26 Å². The van der Waals surface area contributed by atoms with Crippen molar-refractivity contribution in [2.45, 2.75) is 57.9 Å². The van der Waals surface area contributed by atoms with E-state index in [2.05, 4.69) is 10.6 Å². The van der Waals surface area contributed by atoms with Crippen LogP contribution in [0.5, 0.6) is 0 Å². The number of nitrogens with one attached hydrogen (secondary N) is 2. The van der Waals surface area contributed by atoms with Gasteiger partial charge in [0.05, 0.1) is 12.0 Å². The Morgan fingerprint density at radius 2 is 2.00 bits per heavy atom. The van der Waals surface area contributed by atoms with Crippen molar-refractivity contribution in [1.82, 2.24) is 10.6 Å². The normalized spacial score (nSPS) is 26.1. The van der Waals surface area contributed by atoms with Crippen molar-refractivity contribution in [3.63, 3.8) is 0 Å². The number of nitrogens with zero attached hydrogens (tertiary/aromatic N) is 1. The fourth-order valence-electron chi connectivity index (χ4n) is 2.61. The molecular formula is C15H23F2N3O2. The van der Waals surface area contributed by atoms with Gasteiger partial charge in [-0.05, 0) is 31.6 Å². The summed E-state index contributed by atoms with van der Waals surface area (Å²) < 4.78 is 27.2. The molecule has 0 aliphatic heterocycles. The molecule has 1 rings (SSSR count). The van der Waals surface area contributed by atoms with Gasteiger partial charge >= 0.3 is 0 Å². The molecule has 0 aromatic rings. The Morgan fingerprint density at radius 3 is 2.59 bits per heavy atom. The average Bonchev–Trinajstić information content (AvgIpc) is 2.46. The molecular weight excluding hydrogens is 292 g/mol. The number of nitriles is 1. The number of hydrogen-bond donors (Lipinski definition) is 2. The first-order valence-electron chi connectivity index (χ1n) is 7.60. The Hall–Kier alpha value is -1.71. The number of alkyl halides is 2. The van der Waals surface area contributed by atoms with Crippen LogP contribution < -0.4 is 10.6 Å². The summed E-state index contributed by atoms with van der Waals surface area (Å²) >= 11 is 0. The lowest BCUT2D eigenvalue weighted by molar-refractivity contribution is -0.134. The Balaban J connectivity index is 2.69. The lowest BCUT2D eigenvalue weighted by Crippen LogP contribution is -2.51. The van der Waals surface area contributed by atoms with Crippen LogP contribution in [0.3, 0.4) is 0 Å². The smallest absolute Gasteiger partial charge is 0.243 e. The largest absolute Gasteiger partial charge is 0.344 e. The first-order valence-corrected chi connectivity index (χ1v) is 7.60. The highest BCUT2D eigenvalue weighted by atomic mass is 19.2. The molecule has 0 bridgehead atoms. The molecule has 0 heterocycles. The summed E-state index contributed by atoms with van der Waals surface area (Å²) in [7, 11) is 0. The summed E-state index contributed by atoms with van der Waals surface area (Å²) in [4.78, 5) is 24.1. The third-order valence-electron chi connectivity index (χ3n) is 3.74. The predicted molar refractivity (Wildman–Crippen MR) is 77.1 cm³/mol. The maximum atomic E-state index is 13.8. The van der Waals surface area contributed by atoms with Gasteiger partial charge in [-0.15, -0.1) is 0 Å². The second kappa shape index (κ2) is 8.66. The van der Waals surface area contributed by atoms with E-state index < -0.39 is 36.1 Å². The first kappa shape index (κ1) is 18.3. The molecule has 7 heteroatoms. The zero-order valence-corrected chi connectivity index (χ0v) is 12.9. The summed E-state index contributed by atoms with van der Waals surface area (Å²) in [5.41, 5.74) is 0. The fraction of sp³-hybridized carbons (Fsp3) is 0.800. The second-order valence-electron chi connectivity index (χ2n) is 6.06. The number of hydrogen-bond acceptors (Lipinski definition) is 3. The minimum Gasteiger partial charge on any atom is -0.344 e. The van der Waals surface area contributed by atoms with Crippen molar-refractivity contribution in [2.24, 2.45) is 11.8 Å². The van der Waals surface area contributed by atoms with Gasteiger partial charge in [0.15, 0.2) is 0 Å². The maximum absolute atomic E-state index is 13.8. The Kier molecular flexibility index (Phi) is 7.22. The Labute approximate surface area is 129 Å². The Morgan fingerprint density at radius 1 is 1.32 bits per heavy atom. The quantitative estimate of drug-likeness (QED) is 0.731. The van der Waals surface area contributed by atoms with Crippen molar-refractivity contribution in [3.05, 3.63) is 0 Å². The van der Waals surface area contributed by atoms with Crippen molar-refractivity contribution in [3.8, 4) is 6.07 Å². The number of halogens is 2. The Bertz CT molecular complexity index is 437. The van der Waals surface area contributed by atoms with Gasteiger partial charge in [-0.3, -0.25) is 9.59 Å². The van der Waals surface area contributed by atoms with E-state index in [1.807, 2.05) is 13.8 Å². The lowest BCUT2D eigenvalue weighted by Gasteiger charge is -2.29. The maximum Gasteiger partial charge on any atom is 0.243 e. The highest BCUT2D eigenvalue weighted by Crippen LogP contribution is 2.29. The van der Waals surface area contributed by atoms with E-state index in [9.17, 15) is 18.4 Å². The van der Waals surface area contributed by atoms with Crippen LogP contribution in [0.15, 0.2) is 0 Å². The molecule has 0 aromatic heterocycles. The zero-order valence-electron chi connectivity index (χ0n) is 12.9. The fourth-order valence-corrected chi connectivity index (χ4v) is 2.61. The van der Waals surface area contributed by atoms with Gasteiger partial charge in [-0.1, -0.05) is 13.8 Å². The summed E-state index contributed by atoms with van der Waals surface area (Å²) in [5, 5.41) is 13.4. The van der Waals surface area contributed by atoms with E-state index >= 15 is 0 Å². The van der Waals surface area contributed by atoms with Crippen LogP contribution in [-0.2, 0) is 9.59 Å². The van der Waals surface area contributed by atoms with Gasteiger partial charge in [-0.25, -0.2) is 8.78 Å². The standard InChI is InChI=1S/C15H23F2N3O2/c1-9(2)8-12(15(22)19-7-6-18)20-14(21)10-4-3-5-11(16)13(10)17/h9-13H,3-5,7-8H2,1-2H3,(H,19,22)(H,20,21)/t10?,11?,12-,13?/m0/s1. The molecule has 2 N–H and O–H groups in total. The monoisotopic (exact) mass is 315 g/mol. The molecule has 1 saturated carbocycles. The van der Waals surface area contributed by atoms with Crippen LogP contribution in [0.4, 0.5) is 8.78 Å². The average molecular weight is 315 g/mol. The molecule has 0 aromatic carbocycles. The summed E-state index contributed by atoms with van der Waals surface area (Å²) in [6.07, 6.45) is -2.22. The highest BCUT2D eigenvalue weighted by molar-refractivity contribution is 5.88. The van der Waals surface area contributed by atoms with Gasteiger partial charge in [0.2, 0.25) is 11.8 Å². The van der Waals surface area contributed by atoms with E-state index in [-0.39, 0.29) is 25.3 Å². The molecule has 3 unspecified atom stereocenters. The number of rotatable bonds is 6. The molecule has 1 aliphatic rings. The van der Waals surface area contributed by atoms with Crippen LogP contribution in [0.2, 0.25) is 0 Å². The number of amides is 2. The van der Waals surface area contributed by atoms with Crippen LogP contribution in [0.1, 0.15) is 39.5 Å². The molecule has 0 saturated heterocycles. The van der Waals surface area contributed by atoms with Crippen LogP contribution in [0.25, 0.3) is 0 Å². The molecule has 2 amide bonds. The molecule has 0 radical (unpaired) electrons. The first-order chi connectivity index (χ1) is 10.4. The minimum absolute atomic E-state index is 0.125. The van der Waals surface area contributed by atoms with E-state index in [0.717, 1.165) is 0 Å². The molecule has 5 nitrogen and oxygen atoms in total. The van der Waals surface area contributed by atoms with Gasteiger partial charge in [0.25, 0.3) is 0 Å². The van der Waals surface area contributed by atoms with Crippen molar-refractivity contribution in [1.29, 1.82) is 5.26 Å². The highest BCUT2D eigenvalue weighted by Gasteiger charge is 2.39. The zero-order chi connectivity index (χ0) is 16.7. The van der Waals surface area contributed by atoms with Crippen molar-refractivity contribution >= 4 is 11.8 Å². The second-order valence-corrected chi connectivity index (χ2v) is 6.06. The van der Waals surface area contributed by atoms with Crippen LogP contribution >= 0.6 is 0 Å². The van der Waals surface area contributed by atoms with Gasteiger partial charge in [0, 0.05) is 0 Å². The summed E-state index contributed by atoms with van der Waals surface area (Å²) in [6.45, 7) is 3.60. The molecule has 1 fully saturated rings. The molecule has 1 aliphatic carbocycles. The van der Waals surface area contributed by atoms with E-state index in [1.165, 1.54) is 0 Å². The molecule has 0 spiro atoms. The van der Waals surface area contributed by atoms with Gasteiger partial charge < -0.3 is 10.6 Å². The van der Waals surface area contributed by atoms with E-state index in [0.29, 0.717) is 12.8 Å². The minimum atomic E-state index is -1.82. The summed E-state index contributed by atoms with van der Waals surface area (Å²) in [5.74, 6) is -2.04. The third-order valence-corrected chi connectivity index (χ3v) is 3.74. The lowest BCUT2D eigenvalue weighted by atomic mass is 9.85. The van der Waals surface area contributed by atoms with E-state index in [1.54, 1.807) is 6.07 Å². The third kappa shape index (κ3) is 5.24. The van der Waals surface area contributed by atoms with Crippen LogP contribution in [0, 0.1) is 23.2 Å². The van der Waals surface area contributed by atoms with Crippen molar-refractivity contribution in [2.75, 3.05) is 6.54 Å². The van der Waals surface area contributed by atoms with E-state index in [4.69, 9.17) is 5.26 Å². The number of carbonyl (C=O) groups is 2. The molecule has 4 atom stereocenters. The van der Waals surface area contributed by atoms with Crippen molar-refractivity contribution < 1.29 is 18.4 Å². The topological polar surface area (TPSA) is 82.0 Å². The molecule has 124 valence electrons. The SMILES string of the molecule is CC(C)C[C@H](NC(=O)C1CCCC(F)C1F)C(=O)NCC#N. The summed E-state index contributed by atoms with van der Waals surface area (Å²) in [6, 6.07) is 0.942. The molecule has 22 heavy (non-hydrogen) atoms. The van der Waals surface area contributed by atoms with Gasteiger partial charge in [0.1, 0.15) is 24.9 Å².